The quantitative estimate of drug-likeness (QED) is 0.331. The fourth-order valence-corrected chi connectivity index (χ4v) is 2.97. The number of rotatable bonds is 10. The number of nitrogens with one attached hydrogen (secondary N) is 2. The van der Waals surface area contributed by atoms with Crippen LogP contribution in [-0.4, -0.2) is 31.2 Å². The van der Waals surface area contributed by atoms with E-state index in [-0.39, 0.29) is 13.2 Å². The van der Waals surface area contributed by atoms with Crippen molar-refractivity contribution in [2.75, 3.05) is 13.2 Å². The Labute approximate surface area is 194 Å². The first-order valence-corrected chi connectivity index (χ1v) is 10.6. The molecule has 2 amide bonds. The van der Waals surface area contributed by atoms with Crippen LogP contribution in [0.5, 0.6) is 11.5 Å². The van der Waals surface area contributed by atoms with Crippen molar-refractivity contribution in [1.29, 1.82) is 0 Å². The zero-order valence-corrected chi connectivity index (χ0v) is 18.7. The number of nitrogens with zero attached hydrogens (tertiary/aromatic N) is 1. The summed E-state index contributed by atoms with van der Waals surface area (Å²) in [5.41, 5.74) is 4.12. The smallest absolute Gasteiger partial charge is 0.259 e. The lowest BCUT2D eigenvalue weighted by atomic mass is 10.2. The molecule has 0 saturated carbocycles. The van der Waals surface area contributed by atoms with Crippen LogP contribution in [-0.2, 0) is 16.2 Å². The van der Waals surface area contributed by atoms with Crippen molar-refractivity contribution in [2.24, 2.45) is 5.10 Å². The summed E-state index contributed by atoms with van der Waals surface area (Å²) in [4.78, 5) is 23.8. The molecular formula is C24H22BrN3O4. The molecular weight excluding hydrogens is 474 g/mol. The van der Waals surface area contributed by atoms with Gasteiger partial charge in [0, 0.05) is 10.0 Å². The second-order valence-corrected chi connectivity index (χ2v) is 7.54. The number of hydrogen-bond donors (Lipinski definition) is 2. The Kier molecular flexibility index (Phi) is 8.82. The molecule has 0 spiro atoms. The summed E-state index contributed by atoms with van der Waals surface area (Å²) in [6.45, 7) is 0.0116. The summed E-state index contributed by atoms with van der Waals surface area (Å²) in [7, 11) is 0. The Balaban J connectivity index is 1.45. The minimum absolute atomic E-state index is 0.180. The van der Waals surface area contributed by atoms with Gasteiger partial charge in [-0.2, -0.15) is 5.10 Å². The standard InChI is InChI=1S/C24H22BrN3O4/c25-20-11-12-22(32-16-18-7-3-1-4-8-18)19(13-20)14-27-28-23(29)15-26-24(30)17-31-21-9-5-2-6-10-21/h1-14H,15-17H2,(H,26,30)(H,28,29). The average molecular weight is 496 g/mol. The lowest BCUT2D eigenvalue weighted by molar-refractivity contribution is -0.127. The summed E-state index contributed by atoms with van der Waals surface area (Å²) >= 11 is 3.42. The van der Waals surface area contributed by atoms with Crippen LogP contribution in [0.15, 0.2) is 88.4 Å². The third kappa shape index (κ3) is 7.88. The van der Waals surface area contributed by atoms with Gasteiger partial charge in [0.05, 0.1) is 12.8 Å². The molecule has 8 heteroatoms. The fourth-order valence-electron chi connectivity index (χ4n) is 2.60. The number of para-hydroxylation sites is 1. The molecule has 0 heterocycles. The monoisotopic (exact) mass is 495 g/mol. The molecule has 0 aromatic heterocycles. The highest BCUT2D eigenvalue weighted by molar-refractivity contribution is 9.10. The van der Waals surface area contributed by atoms with E-state index in [1.807, 2.05) is 66.7 Å². The van der Waals surface area contributed by atoms with Crippen LogP contribution in [0, 0.1) is 0 Å². The average Bonchev–Trinajstić information content (AvgIpc) is 2.82. The molecule has 0 bridgehead atoms. The van der Waals surface area contributed by atoms with Crippen molar-refractivity contribution < 1.29 is 19.1 Å². The van der Waals surface area contributed by atoms with Crippen LogP contribution in [0.3, 0.4) is 0 Å². The highest BCUT2D eigenvalue weighted by atomic mass is 79.9. The predicted octanol–water partition coefficient (Wildman–Crippen LogP) is 3.67. The first-order valence-electron chi connectivity index (χ1n) is 9.83. The molecule has 32 heavy (non-hydrogen) atoms. The Hall–Kier alpha value is -3.65. The van der Waals surface area contributed by atoms with Gasteiger partial charge in [0.2, 0.25) is 0 Å². The SMILES string of the molecule is O=C(COc1ccccc1)NCC(=O)NN=Cc1cc(Br)ccc1OCc1ccccc1. The summed E-state index contributed by atoms with van der Waals surface area (Å²) in [5.74, 6) is 0.338. The van der Waals surface area contributed by atoms with Gasteiger partial charge >= 0.3 is 0 Å². The van der Waals surface area contributed by atoms with Gasteiger partial charge in [0.15, 0.2) is 6.61 Å². The molecule has 3 aromatic rings. The summed E-state index contributed by atoms with van der Waals surface area (Å²) in [6, 6.07) is 24.3. The molecule has 0 atom stereocenters. The first kappa shape index (κ1) is 23.0. The van der Waals surface area contributed by atoms with Gasteiger partial charge in [0.25, 0.3) is 11.8 Å². The zero-order chi connectivity index (χ0) is 22.6. The third-order valence-corrected chi connectivity index (χ3v) is 4.65. The van der Waals surface area contributed by atoms with Crippen LogP contribution >= 0.6 is 15.9 Å². The topological polar surface area (TPSA) is 89.0 Å². The number of hydrazone groups is 1. The number of ether oxygens (including phenoxy) is 2. The van der Waals surface area contributed by atoms with E-state index in [0.29, 0.717) is 23.7 Å². The van der Waals surface area contributed by atoms with E-state index in [0.717, 1.165) is 10.0 Å². The van der Waals surface area contributed by atoms with Crippen molar-refractivity contribution in [3.63, 3.8) is 0 Å². The van der Waals surface area contributed by atoms with Crippen molar-refractivity contribution in [2.45, 2.75) is 6.61 Å². The Morgan fingerprint density at radius 1 is 0.906 bits per heavy atom. The minimum Gasteiger partial charge on any atom is -0.488 e. The maximum Gasteiger partial charge on any atom is 0.259 e. The Morgan fingerprint density at radius 2 is 1.62 bits per heavy atom. The lowest BCUT2D eigenvalue weighted by Gasteiger charge is -2.10. The molecule has 3 aromatic carbocycles. The fraction of sp³-hybridized carbons (Fsp3) is 0.125. The van der Waals surface area contributed by atoms with Gasteiger partial charge in [-0.1, -0.05) is 64.5 Å². The normalized spacial score (nSPS) is 10.5. The van der Waals surface area contributed by atoms with Gasteiger partial charge < -0.3 is 14.8 Å². The largest absolute Gasteiger partial charge is 0.488 e. The molecule has 3 rings (SSSR count). The van der Waals surface area contributed by atoms with E-state index in [2.05, 4.69) is 31.8 Å². The van der Waals surface area contributed by atoms with E-state index < -0.39 is 11.8 Å². The van der Waals surface area contributed by atoms with Gasteiger partial charge in [0.1, 0.15) is 18.1 Å². The molecule has 0 radical (unpaired) electrons. The number of benzene rings is 3. The van der Waals surface area contributed by atoms with E-state index in [9.17, 15) is 9.59 Å². The molecule has 0 fully saturated rings. The lowest BCUT2D eigenvalue weighted by Crippen LogP contribution is -2.37. The van der Waals surface area contributed by atoms with Crippen LogP contribution in [0.2, 0.25) is 0 Å². The summed E-state index contributed by atoms with van der Waals surface area (Å²) in [5, 5.41) is 6.44. The number of amides is 2. The number of halogens is 1. The second-order valence-electron chi connectivity index (χ2n) is 6.63. The molecule has 0 aliphatic heterocycles. The summed E-state index contributed by atoms with van der Waals surface area (Å²) in [6.07, 6.45) is 1.49. The van der Waals surface area contributed by atoms with Crippen molar-refractivity contribution >= 4 is 34.0 Å². The highest BCUT2D eigenvalue weighted by Gasteiger charge is 2.07. The van der Waals surface area contributed by atoms with Gasteiger partial charge in [-0.3, -0.25) is 9.59 Å². The van der Waals surface area contributed by atoms with Crippen LogP contribution in [0.4, 0.5) is 0 Å². The Bertz CT molecular complexity index is 1060. The van der Waals surface area contributed by atoms with Crippen LogP contribution < -0.4 is 20.2 Å². The highest BCUT2D eigenvalue weighted by Crippen LogP contribution is 2.22. The van der Waals surface area contributed by atoms with Crippen LogP contribution in [0.1, 0.15) is 11.1 Å². The molecule has 0 aliphatic carbocycles. The minimum atomic E-state index is -0.462. The molecule has 7 nitrogen and oxygen atoms in total. The molecule has 0 unspecified atom stereocenters. The van der Waals surface area contributed by atoms with Crippen molar-refractivity contribution in [1.82, 2.24) is 10.7 Å². The third-order valence-electron chi connectivity index (χ3n) is 4.16. The maximum atomic E-state index is 12.0. The molecule has 0 saturated heterocycles. The molecule has 2 N–H and O–H groups in total. The predicted molar refractivity (Wildman–Crippen MR) is 126 cm³/mol. The van der Waals surface area contributed by atoms with E-state index in [1.165, 1.54) is 6.21 Å². The van der Waals surface area contributed by atoms with Crippen molar-refractivity contribution in [3.05, 3.63) is 94.5 Å². The van der Waals surface area contributed by atoms with Crippen LogP contribution in [0.25, 0.3) is 0 Å². The zero-order valence-electron chi connectivity index (χ0n) is 17.2. The number of hydrogen-bond acceptors (Lipinski definition) is 5. The number of carbonyl (C=O) groups is 2. The molecule has 0 aliphatic rings. The van der Waals surface area contributed by atoms with E-state index >= 15 is 0 Å². The van der Waals surface area contributed by atoms with Crippen molar-refractivity contribution in [3.8, 4) is 11.5 Å². The van der Waals surface area contributed by atoms with Gasteiger partial charge in [-0.25, -0.2) is 5.43 Å². The van der Waals surface area contributed by atoms with Gasteiger partial charge in [-0.15, -0.1) is 0 Å². The Morgan fingerprint density at radius 3 is 2.38 bits per heavy atom. The van der Waals surface area contributed by atoms with Gasteiger partial charge in [-0.05, 0) is 35.9 Å². The molecule has 164 valence electrons. The van der Waals surface area contributed by atoms with E-state index in [4.69, 9.17) is 9.47 Å². The number of carbonyl (C=O) groups excluding carboxylic acids is 2. The first-order chi connectivity index (χ1) is 15.6. The summed E-state index contributed by atoms with van der Waals surface area (Å²) < 4.78 is 12.1. The maximum absolute atomic E-state index is 12.0. The van der Waals surface area contributed by atoms with E-state index in [1.54, 1.807) is 12.1 Å². The second kappa shape index (κ2) is 12.3.